The number of sulfonamides is 1. The molecule has 1 aliphatic heterocycles. The monoisotopic (exact) mass is 458 g/mol. The molecule has 1 aliphatic rings. The first-order valence-electron chi connectivity index (χ1n) is 10.2. The number of hydrogen-bond acceptors (Lipinski definition) is 5. The van der Waals surface area contributed by atoms with Crippen LogP contribution in [0.5, 0.6) is 5.75 Å². The number of methoxy groups -OCH3 is 1. The van der Waals surface area contributed by atoms with Crippen molar-refractivity contribution in [2.24, 2.45) is 0 Å². The van der Waals surface area contributed by atoms with Gasteiger partial charge in [-0.3, -0.25) is 4.79 Å². The number of hydrogen-bond donors (Lipinski definition) is 1. The maximum Gasteiger partial charge on any atom is 0.276 e. The van der Waals surface area contributed by atoms with Crippen molar-refractivity contribution >= 4 is 21.6 Å². The summed E-state index contributed by atoms with van der Waals surface area (Å²) in [6.07, 6.45) is 4.25. The van der Waals surface area contributed by atoms with Crippen molar-refractivity contribution < 1.29 is 22.3 Å². The molecule has 2 aromatic carbocycles. The summed E-state index contributed by atoms with van der Waals surface area (Å²) >= 11 is 0. The van der Waals surface area contributed by atoms with Gasteiger partial charge in [-0.05, 0) is 61.4 Å². The molecule has 1 fully saturated rings. The molecule has 0 radical (unpaired) electrons. The first-order valence-corrected chi connectivity index (χ1v) is 11.6. The maximum absolute atomic E-state index is 13.1. The number of anilines is 1. The molecule has 168 valence electrons. The van der Waals surface area contributed by atoms with Crippen LogP contribution in [-0.4, -0.2) is 48.6 Å². The molecule has 1 amide bonds. The number of aromatic nitrogens is 2. The molecule has 0 unspecified atom stereocenters. The Morgan fingerprint density at radius 3 is 2.47 bits per heavy atom. The number of rotatable bonds is 6. The lowest BCUT2D eigenvalue weighted by molar-refractivity contribution is 0.102. The van der Waals surface area contributed by atoms with Crippen LogP contribution >= 0.6 is 0 Å². The molecule has 0 aliphatic carbocycles. The average Bonchev–Trinajstić information content (AvgIpc) is 3.30. The van der Waals surface area contributed by atoms with Crippen LogP contribution in [0, 0.1) is 5.82 Å². The Morgan fingerprint density at radius 1 is 1.06 bits per heavy atom. The maximum atomic E-state index is 13.1. The van der Waals surface area contributed by atoms with E-state index in [-0.39, 0.29) is 22.1 Å². The Morgan fingerprint density at radius 2 is 1.78 bits per heavy atom. The number of nitrogens with one attached hydrogen (secondary N) is 1. The molecule has 0 bridgehead atoms. The Labute approximate surface area is 185 Å². The predicted molar refractivity (Wildman–Crippen MR) is 117 cm³/mol. The van der Waals surface area contributed by atoms with Crippen molar-refractivity contribution in [2.75, 3.05) is 25.5 Å². The molecule has 3 aromatic rings. The van der Waals surface area contributed by atoms with E-state index >= 15 is 0 Å². The minimum absolute atomic E-state index is 0.0901. The Kier molecular flexibility index (Phi) is 6.24. The van der Waals surface area contributed by atoms with Crippen molar-refractivity contribution in [2.45, 2.75) is 24.2 Å². The van der Waals surface area contributed by atoms with Crippen LogP contribution in [0.1, 0.15) is 29.8 Å². The molecule has 0 spiro atoms. The number of amides is 1. The smallest absolute Gasteiger partial charge is 0.276 e. The number of carbonyl (C=O) groups excluding carboxylic acids is 1. The van der Waals surface area contributed by atoms with Gasteiger partial charge in [0.25, 0.3) is 5.91 Å². The molecule has 2 heterocycles. The largest absolute Gasteiger partial charge is 0.495 e. The lowest BCUT2D eigenvalue weighted by Gasteiger charge is -2.26. The third-order valence-electron chi connectivity index (χ3n) is 5.28. The van der Waals surface area contributed by atoms with Crippen LogP contribution in [-0.2, 0) is 10.0 Å². The van der Waals surface area contributed by atoms with Gasteiger partial charge in [-0.15, -0.1) is 0 Å². The second-order valence-corrected chi connectivity index (χ2v) is 9.34. The van der Waals surface area contributed by atoms with E-state index in [4.69, 9.17) is 4.74 Å². The molecular formula is C22H23FN4O4S. The molecule has 1 aromatic heterocycles. The van der Waals surface area contributed by atoms with E-state index in [9.17, 15) is 17.6 Å². The zero-order chi connectivity index (χ0) is 22.7. The van der Waals surface area contributed by atoms with Crippen molar-refractivity contribution in [1.29, 1.82) is 0 Å². The molecule has 4 rings (SSSR count). The minimum atomic E-state index is -3.67. The van der Waals surface area contributed by atoms with Gasteiger partial charge in [-0.2, -0.15) is 9.40 Å². The van der Waals surface area contributed by atoms with E-state index in [1.54, 1.807) is 18.3 Å². The summed E-state index contributed by atoms with van der Waals surface area (Å²) in [6, 6.07) is 11.6. The summed E-state index contributed by atoms with van der Waals surface area (Å²) in [7, 11) is -2.23. The lowest BCUT2D eigenvalue weighted by Crippen LogP contribution is -2.35. The summed E-state index contributed by atoms with van der Waals surface area (Å²) in [6.45, 7) is 0.966. The summed E-state index contributed by atoms with van der Waals surface area (Å²) < 4.78 is 47.4. The first kappa shape index (κ1) is 22.0. The van der Waals surface area contributed by atoms with Crippen molar-refractivity contribution in [3.8, 4) is 11.4 Å². The molecule has 10 heteroatoms. The fourth-order valence-corrected chi connectivity index (χ4v) is 5.11. The van der Waals surface area contributed by atoms with Gasteiger partial charge in [0.15, 0.2) is 5.69 Å². The van der Waals surface area contributed by atoms with Crippen LogP contribution < -0.4 is 10.1 Å². The molecule has 0 atom stereocenters. The van der Waals surface area contributed by atoms with Gasteiger partial charge in [0.2, 0.25) is 10.0 Å². The highest BCUT2D eigenvalue weighted by atomic mass is 32.2. The van der Waals surface area contributed by atoms with E-state index < -0.39 is 15.9 Å². The SMILES string of the molecule is COc1ccc(S(=O)(=O)N2CCCCC2)cc1NC(=O)c1ccn(-c2ccc(F)cc2)n1. The van der Waals surface area contributed by atoms with Gasteiger partial charge in [0, 0.05) is 19.3 Å². The number of benzene rings is 2. The Bertz CT molecular complexity index is 1220. The molecular weight excluding hydrogens is 435 g/mol. The van der Waals surface area contributed by atoms with Crippen molar-refractivity contribution in [3.05, 3.63) is 66.2 Å². The third kappa shape index (κ3) is 4.51. The Balaban J connectivity index is 1.57. The number of carbonyl (C=O) groups is 1. The standard InChI is InChI=1S/C22H23FN4O4S/c1-31-21-10-9-18(32(29,30)26-12-3-2-4-13-26)15-20(21)24-22(28)19-11-14-27(25-19)17-7-5-16(23)6-8-17/h5-11,14-15H,2-4,12-13H2,1H3,(H,24,28). The van der Waals surface area contributed by atoms with Crippen molar-refractivity contribution in [3.63, 3.8) is 0 Å². The average molecular weight is 459 g/mol. The van der Waals surface area contributed by atoms with E-state index in [2.05, 4.69) is 10.4 Å². The fourth-order valence-electron chi connectivity index (χ4n) is 3.57. The van der Waals surface area contributed by atoms with Gasteiger partial charge in [0.05, 0.1) is 23.4 Å². The number of halogens is 1. The molecule has 1 N–H and O–H groups in total. The fraction of sp³-hybridized carbons (Fsp3) is 0.273. The van der Waals surface area contributed by atoms with Crippen molar-refractivity contribution in [1.82, 2.24) is 14.1 Å². The second-order valence-electron chi connectivity index (χ2n) is 7.40. The highest BCUT2D eigenvalue weighted by molar-refractivity contribution is 7.89. The highest BCUT2D eigenvalue weighted by Crippen LogP contribution is 2.30. The van der Waals surface area contributed by atoms with Gasteiger partial charge < -0.3 is 10.1 Å². The third-order valence-corrected chi connectivity index (χ3v) is 7.18. The van der Waals surface area contributed by atoms with Crippen LogP contribution in [0.4, 0.5) is 10.1 Å². The summed E-state index contributed by atoms with van der Waals surface area (Å²) in [5.41, 5.74) is 0.935. The summed E-state index contributed by atoms with van der Waals surface area (Å²) in [5, 5.41) is 6.91. The zero-order valence-electron chi connectivity index (χ0n) is 17.5. The lowest BCUT2D eigenvalue weighted by atomic mass is 10.2. The summed E-state index contributed by atoms with van der Waals surface area (Å²) in [5.74, 6) is -0.573. The summed E-state index contributed by atoms with van der Waals surface area (Å²) in [4.78, 5) is 12.9. The molecule has 8 nitrogen and oxygen atoms in total. The van der Waals surface area contributed by atoms with E-state index in [1.165, 1.54) is 52.5 Å². The zero-order valence-corrected chi connectivity index (χ0v) is 18.3. The van der Waals surface area contributed by atoms with Crippen LogP contribution in [0.15, 0.2) is 59.6 Å². The normalized spacial score (nSPS) is 14.8. The van der Waals surface area contributed by atoms with Crippen LogP contribution in [0.3, 0.4) is 0 Å². The van der Waals surface area contributed by atoms with E-state index in [1.807, 2.05) is 0 Å². The van der Waals surface area contributed by atoms with Gasteiger partial charge >= 0.3 is 0 Å². The topological polar surface area (TPSA) is 93.5 Å². The number of nitrogens with zero attached hydrogens (tertiary/aromatic N) is 3. The Hall–Kier alpha value is -3.24. The number of piperidine rings is 1. The minimum Gasteiger partial charge on any atom is -0.495 e. The molecule has 0 saturated carbocycles. The van der Waals surface area contributed by atoms with Gasteiger partial charge in [-0.1, -0.05) is 6.42 Å². The first-order chi connectivity index (χ1) is 15.4. The van der Waals surface area contributed by atoms with Gasteiger partial charge in [0.1, 0.15) is 11.6 Å². The highest BCUT2D eigenvalue weighted by Gasteiger charge is 2.27. The van der Waals surface area contributed by atoms with E-state index in [0.717, 1.165) is 19.3 Å². The predicted octanol–water partition coefficient (Wildman–Crippen LogP) is 3.45. The van der Waals surface area contributed by atoms with Crippen LogP contribution in [0.2, 0.25) is 0 Å². The number of ether oxygens (including phenoxy) is 1. The van der Waals surface area contributed by atoms with Gasteiger partial charge in [-0.25, -0.2) is 17.5 Å². The van der Waals surface area contributed by atoms with Crippen LogP contribution in [0.25, 0.3) is 5.69 Å². The quantitative estimate of drug-likeness (QED) is 0.611. The molecule has 1 saturated heterocycles. The second kappa shape index (κ2) is 9.09. The molecule has 32 heavy (non-hydrogen) atoms. The van der Waals surface area contributed by atoms with E-state index in [0.29, 0.717) is 24.5 Å².